The first-order valence-corrected chi connectivity index (χ1v) is 15.7. The van der Waals surface area contributed by atoms with Crippen molar-refractivity contribution in [1.29, 1.82) is 0 Å². The number of pyridine rings is 3. The van der Waals surface area contributed by atoms with E-state index in [-0.39, 0.29) is 5.75 Å². The van der Waals surface area contributed by atoms with Gasteiger partial charge in [0.1, 0.15) is 11.5 Å². The molecule has 1 aliphatic heterocycles. The number of ether oxygens (including phenoxy) is 2. The summed E-state index contributed by atoms with van der Waals surface area (Å²) in [5, 5.41) is 11.2. The molecular weight excluding hydrogens is 597 g/mol. The lowest BCUT2D eigenvalue weighted by molar-refractivity contribution is -0.160. The van der Waals surface area contributed by atoms with Crippen LogP contribution >= 0.6 is 0 Å². The molecule has 0 unspecified atom stereocenters. The van der Waals surface area contributed by atoms with E-state index in [1.807, 2.05) is 88.6 Å². The Morgan fingerprint density at radius 3 is 2.53 bits per heavy atom. The van der Waals surface area contributed by atoms with Gasteiger partial charge in [-0.05, 0) is 95.0 Å². The highest BCUT2D eigenvalue weighted by Crippen LogP contribution is 2.45. The smallest absolute Gasteiger partial charge is 0.337 e. The van der Waals surface area contributed by atoms with E-state index >= 15 is 4.39 Å². The number of hydrogen-bond donors (Lipinski definition) is 1. The van der Waals surface area contributed by atoms with Crippen LogP contribution in [0.25, 0.3) is 44.7 Å². The van der Waals surface area contributed by atoms with Crippen molar-refractivity contribution in [1.82, 2.24) is 19.5 Å². The zero-order valence-corrected chi connectivity index (χ0v) is 28.1. The number of rotatable bonds is 7. The molecule has 47 heavy (non-hydrogen) atoms. The highest BCUT2D eigenvalue weighted by molar-refractivity contribution is 6.01. The van der Waals surface area contributed by atoms with Gasteiger partial charge in [-0.15, -0.1) is 0 Å². The second-order valence-corrected chi connectivity index (χ2v) is 13.3. The van der Waals surface area contributed by atoms with Crippen molar-refractivity contribution < 1.29 is 23.8 Å². The van der Waals surface area contributed by atoms with Gasteiger partial charge in [-0.2, -0.15) is 0 Å². The molecule has 6 rings (SSSR count). The summed E-state index contributed by atoms with van der Waals surface area (Å²) in [5.41, 5.74) is 6.95. The van der Waals surface area contributed by atoms with Gasteiger partial charge in [-0.25, -0.2) is 19.2 Å². The zero-order valence-electron chi connectivity index (χ0n) is 28.1. The van der Waals surface area contributed by atoms with Gasteiger partial charge in [-0.3, -0.25) is 4.98 Å². The fraction of sp³-hybridized carbons (Fsp3) is 0.351. The molecule has 5 aromatic rings. The molecule has 0 bridgehead atoms. The molecule has 1 aromatic carbocycles. The number of aromatic nitrogens is 4. The minimum Gasteiger partial charge on any atom is -0.490 e. The van der Waals surface area contributed by atoms with Crippen LogP contribution in [-0.4, -0.2) is 56.9 Å². The number of nitrogens with zero attached hydrogens (tertiary/aromatic N) is 5. The lowest BCUT2D eigenvalue weighted by Gasteiger charge is -2.29. The zero-order chi connectivity index (χ0) is 33.8. The van der Waals surface area contributed by atoms with Crippen LogP contribution in [0, 0.1) is 19.7 Å². The number of carboxylic acid groups (broad SMARTS) is 1. The molecule has 244 valence electrons. The fourth-order valence-corrected chi connectivity index (χ4v) is 6.40. The number of aliphatic carboxylic acids is 1. The molecule has 1 atom stereocenters. The van der Waals surface area contributed by atoms with Crippen LogP contribution in [0.5, 0.6) is 5.75 Å². The summed E-state index contributed by atoms with van der Waals surface area (Å²) in [6.07, 6.45) is 3.65. The number of anilines is 1. The van der Waals surface area contributed by atoms with Crippen molar-refractivity contribution in [3.63, 3.8) is 0 Å². The van der Waals surface area contributed by atoms with Crippen molar-refractivity contribution in [2.24, 2.45) is 7.05 Å². The molecular formula is C37H40FN5O4. The van der Waals surface area contributed by atoms with Gasteiger partial charge in [-0.1, -0.05) is 0 Å². The van der Waals surface area contributed by atoms with E-state index in [0.717, 1.165) is 45.9 Å². The fourth-order valence-electron chi connectivity index (χ4n) is 6.40. The average molecular weight is 638 g/mol. The molecule has 0 saturated carbocycles. The van der Waals surface area contributed by atoms with E-state index in [0.29, 0.717) is 46.4 Å². The van der Waals surface area contributed by atoms with Gasteiger partial charge >= 0.3 is 5.97 Å². The van der Waals surface area contributed by atoms with Crippen LogP contribution in [0.3, 0.4) is 0 Å². The van der Waals surface area contributed by atoms with Crippen LogP contribution in [0.4, 0.5) is 10.2 Å². The number of carbonyl (C=O) groups is 1. The lowest BCUT2D eigenvalue weighted by atomic mass is 9.86. The van der Waals surface area contributed by atoms with Crippen molar-refractivity contribution in [2.75, 3.05) is 25.6 Å². The molecule has 5 heterocycles. The maximum Gasteiger partial charge on any atom is 0.337 e. The number of carboxylic acids is 1. The number of benzene rings is 1. The number of halogens is 1. The average Bonchev–Trinajstić information content (AvgIpc) is 3.36. The summed E-state index contributed by atoms with van der Waals surface area (Å²) in [6.45, 7) is 9.64. The lowest BCUT2D eigenvalue weighted by Crippen LogP contribution is -2.28. The Morgan fingerprint density at radius 2 is 1.87 bits per heavy atom. The third-order valence-corrected chi connectivity index (χ3v) is 8.62. The molecule has 4 aromatic heterocycles. The van der Waals surface area contributed by atoms with Gasteiger partial charge in [0.05, 0.1) is 23.6 Å². The highest BCUT2D eigenvalue weighted by Gasteiger charge is 2.34. The molecule has 0 fully saturated rings. The molecule has 0 aliphatic carbocycles. The summed E-state index contributed by atoms with van der Waals surface area (Å²) in [7, 11) is 5.81. The first kappa shape index (κ1) is 32.1. The summed E-state index contributed by atoms with van der Waals surface area (Å²) in [4.78, 5) is 28.9. The summed E-state index contributed by atoms with van der Waals surface area (Å²) in [6, 6.07) is 11.3. The molecule has 10 heteroatoms. The number of hydrogen-bond acceptors (Lipinski definition) is 7. The summed E-state index contributed by atoms with van der Waals surface area (Å²) >= 11 is 0. The Morgan fingerprint density at radius 1 is 1.11 bits per heavy atom. The van der Waals surface area contributed by atoms with E-state index in [2.05, 4.69) is 9.97 Å². The van der Waals surface area contributed by atoms with Crippen molar-refractivity contribution in [3.05, 3.63) is 77.0 Å². The first-order valence-electron chi connectivity index (χ1n) is 15.7. The van der Waals surface area contributed by atoms with Gasteiger partial charge in [0, 0.05) is 72.4 Å². The normalized spacial score (nSPS) is 13.7. The third-order valence-electron chi connectivity index (χ3n) is 8.62. The Bertz CT molecular complexity index is 2010. The largest absolute Gasteiger partial charge is 0.490 e. The molecule has 0 radical (unpaired) electrons. The topological polar surface area (TPSA) is 103 Å². The van der Waals surface area contributed by atoms with Gasteiger partial charge in [0.15, 0.2) is 17.7 Å². The van der Waals surface area contributed by atoms with E-state index < -0.39 is 23.5 Å². The molecule has 0 saturated heterocycles. The Kier molecular flexibility index (Phi) is 8.25. The molecule has 0 spiro atoms. The summed E-state index contributed by atoms with van der Waals surface area (Å²) in [5.74, 6) is -0.498. The predicted octanol–water partition coefficient (Wildman–Crippen LogP) is 7.45. The van der Waals surface area contributed by atoms with Crippen molar-refractivity contribution in [2.45, 2.75) is 59.2 Å². The second-order valence-electron chi connectivity index (χ2n) is 13.3. The highest BCUT2D eigenvalue weighted by atomic mass is 19.1. The third kappa shape index (κ3) is 5.93. The van der Waals surface area contributed by atoms with Gasteiger partial charge in [0.2, 0.25) is 0 Å². The molecule has 1 aliphatic rings. The predicted molar refractivity (Wildman–Crippen MR) is 181 cm³/mol. The molecule has 9 nitrogen and oxygen atoms in total. The van der Waals surface area contributed by atoms with Crippen LogP contribution in [-0.2, 0) is 23.0 Å². The van der Waals surface area contributed by atoms with E-state index in [1.54, 1.807) is 19.3 Å². The van der Waals surface area contributed by atoms with E-state index in [4.69, 9.17) is 14.5 Å². The first-order chi connectivity index (χ1) is 22.2. The van der Waals surface area contributed by atoms with Crippen molar-refractivity contribution >= 4 is 22.8 Å². The minimum absolute atomic E-state index is 0.271. The van der Waals surface area contributed by atoms with Crippen LogP contribution in [0.2, 0.25) is 0 Å². The Labute approximate surface area is 274 Å². The minimum atomic E-state index is -1.34. The van der Waals surface area contributed by atoms with Gasteiger partial charge < -0.3 is 24.0 Å². The maximum absolute atomic E-state index is 15.8. The SMILES string of the molecule is Cc1nc2c(cc(-c3ccnc(-c4ccc(N(C)C)nc4)c3)n2C)c(-c2cc(F)c3c(c2C)CCCO3)c1[C@H](OC(C)(C)C)C(=O)O. The number of fused-ring (bicyclic) bond motifs is 2. The quantitative estimate of drug-likeness (QED) is 0.196. The second kappa shape index (κ2) is 12.1. The van der Waals surface area contributed by atoms with Crippen LogP contribution in [0.15, 0.2) is 48.8 Å². The van der Waals surface area contributed by atoms with Gasteiger partial charge in [0.25, 0.3) is 0 Å². The summed E-state index contributed by atoms with van der Waals surface area (Å²) < 4.78 is 29.7. The maximum atomic E-state index is 15.8. The molecule has 0 amide bonds. The van der Waals surface area contributed by atoms with Crippen molar-refractivity contribution in [3.8, 4) is 39.4 Å². The Hall–Kier alpha value is -4.83. The standard InChI is InChI=1S/C37H40FN5O4/c1-20-24-10-9-15-46-33(24)27(38)17-25(20)32-26-18-29(22-13-14-39-28(16-22)23-11-12-30(40-19-23)42(6)7)43(8)35(26)41-21(2)31(32)34(36(44)45)47-37(3,4)5/h11-14,16-19,34H,9-10,15H2,1-8H3,(H,44,45)/t34-/m0/s1. The monoisotopic (exact) mass is 637 g/mol. The van der Waals surface area contributed by atoms with Crippen LogP contribution < -0.4 is 9.64 Å². The number of aryl methyl sites for hydroxylation is 2. The molecule has 1 N–H and O–H groups in total. The Balaban J connectivity index is 1.62. The van der Waals surface area contributed by atoms with Crippen LogP contribution in [0.1, 0.15) is 55.7 Å². The van der Waals surface area contributed by atoms with E-state index in [9.17, 15) is 9.90 Å². The van der Waals surface area contributed by atoms with E-state index in [1.165, 1.54) is 6.07 Å².